The standard InChI is InChI=1S/C15H26N2O/c1-5-12-7-9-15(18-4)13(10-12)14(17-3)8-6-11(2)16/h7,9-11,14,17H,5-6,8,16H2,1-4H3. The van der Waals surface area contributed by atoms with E-state index < -0.39 is 0 Å². The van der Waals surface area contributed by atoms with Crippen molar-refractivity contribution in [3.8, 4) is 5.75 Å². The Morgan fingerprint density at radius 2 is 2.06 bits per heavy atom. The Hall–Kier alpha value is -1.06. The number of methoxy groups -OCH3 is 1. The van der Waals surface area contributed by atoms with E-state index in [9.17, 15) is 0 Å². The maximum Gasteiger partial charge on any atom is 0.123 e. The molecule has 0 bridgehead atoms. The first-order chi connectivity index (χ1) is 8.62. The van der Waals surface area contributed by atoms with Crippen molar-refractivity contribution in [3.63, 3.8) is 0 Å². The average Bonchev–Trinajstić information content (AvgIpc) is 2.38. The lowest BCUT2D eigenvalue weighted by Gasteiger charge is -2.21. The lowest BCUT2D eigenvalue weighted by molar-refractivity contribution is 0.395. The highest BCUT2D eigenvalue weighted by Crippen LogP contribution is 2.29. The van der Waals surface area contributed by atoms with E-state index in [-0.39, 0.29) is 6.04 Å². The van der Waals surface area contributed by atoms with Crippen molar-refractivity contribution < 1.29 is 4.74 Å². The van der Waals surface area contributed by atoms with E-state index in [1.165, 1.54) is 11.1 Å². The Morgan fingerprint density at radius 1 is 1.33 bits per heavy atom. The molecule has 0 amide bonds. The fourth-order valence-corrected chi connectivity index (χ4v) is 2.16. The van der Waals surface area contributed by atoms with Crippen LogP contribution in [0.2, 0.25) is 0 Å². The zero-order valence-corrected chi connectivity index (χ0v) is 12.0. The van der Waals surface area contributed by atoms with Gasteiger partial charge in [0.2, 0.25) is 0 Å². The first kappa shape index (κ1) is 15.0. The van der Waals surface area contributed by atoms with Gasteiger partial charge in [-0.25, -0.2) is 0 Å². The Balaban J connectivity index is 2.94. The van der Waals surface area contributed by atoms with Gasteiger partial charge in [0.15, 0.2) is 0 Å². The second-order valence-corrected chi connectivity index (χ2v) is 4.83. The van der Waals surface area contributed by atoms with E-state index in [4.69, 9.17) is 10.5 Å². The highest BCUT2D eigenvalue weighted by Gasteiger charge is 2.15. The van der Waals surface area contributed by atoms with E-state index in [1.54, 1.807) is 7.11 Å². The summed E-state index contributed by atoms with van der Waals surface area (Å²) in [5.74, 6) is 0.955. The molecule has 0 aromatic heterocycles. The van der Waals surface area contributed by atoms with Gasteiger partial charge >= 0.3 is 0 Å². The molecule has 1 aromatic rings. The molecule has 0 fully saturated rings. The van der Waals surface area contributed by atoms with Crippen LogP contribution in [-0.4, -0.2) is 20.2 Å². The molecule has 0 spiro atoms. The van der Waals surface area contributed by atoms with Crippen LogP contribution < -0.4 is 15.8 Å². The number of benzene rings is 1. The lowest BCUT2D eigenvalue weighted by atomic mass is 9.96. The van der Waals surface area contributed by atoms with E-state index in [0.717, 1.165) is 25.0 Å². The minimum atomic E-state index is 0.237. The first-order valence-corrected chi connectivity index (χ1v) is 6.72. The Morgan fingerprint density at radius 3 is 2.56 bits per heavy atom. The molecule has 3 N–H and O–H groups in total. The maximum atomic E-state index is 5.84. The molecule has 2 atom stereocenters. The van der Waals surface area contributed by atoms with Crippen LogP contribution >= 0.6 is 0 Å². The van der Waals surface area contributed by atoms with Crippen LogP contribution in [0.1, 0.15) is 43.9 Å². The minimum absolute atomic E-state index is 0.237. The molecule has 1 aromatic carbocycles. The molecule has 18 heavy (non-hydrogen) atoms. The summed E-state index contributed by atoms with van der Waals surface area (Å²) < 4.78 is 5.46. The summed E-state index contributed by atoms with van der Waals surface area (Å²) in [6, 6.07) is 6.96. The fraction of sp³-hybridized carbons (Fsp3) is 0.600. The van der Waals surface area contributed by atoms with Gasteiger partial charge in [0.25, 0.3) is 0 Å². The van der Waals surface area contributed by atoms with Crippen LogP contribution in [0.3, 0.4) is 0 Å². The minimum Gasteiger partial charge on any atom is -0.496 e. The Kier molecular flexibility index (Phi) is 6.16. The number of nitrogens with one attached hydrogen (secondary N) is 1. The summed E-state index contributed by atoms with van der Waals surface area (Å²) in [7, 11) is 3.71. The third-order valence-corrected chi connectivity index (χ3v) is 3.34. The summed E-state index contributed by atoms with van der Waals surface area (Å²) >= 11 is 0. The van der Waals surface area contributed by atoms with Crippen molar-refractivity contribution in [1.82, 2.24) is 5.32 Å². The number of rotatable bonds is 7. The predicted octanol–water partition coefficient (Wildman–Crippen LogP) is 2.65. The van der Waals surface area contributed by atoms with Crippen molar-refractivity contribution in [2.75, 3.05) is 14.2 Å². The van der Waals surface area contributed by atoms with Gasteiger partial charge in [-0.1, -0.05) is 19.1 Å². The molecule has 0 heterocycles. The fourth-order valence-electron chi connectivity index (χ4n) is 2.16. The molecular formula is C15H26N2O. The summed E-state index contributed by atoms with van der Waals surface area (Å²) in [6.45, 7) is 4.22. The zero-order chi connectivity index (χ0) is 13.5. The molecule has 0 aliphatic heterocycles. The normalized spacial score (nSPS) is 14.3. The maximum absolute atomic E-state index is 5.84. The monoisotopic (exact) mass is 250 g/mol. The van der Waals surface area contributed by atoms with E-state index in [0.29, 0.717) is 6.04 Å². The summed E-state index contributed by atoms with van der Waals surface area (Å²) in [5, 5.41) is 3.36. The van der Waals surface area contributed by atoms with Gasteiger partial charge in [-0.3, -0.25) is 0 Å². The SMILES string of the molecule is CCc1ccc(OC)c(C(CCC(C)N)NC)c1. The second kappa shape index (κ2) is 7.39. The van der Waals surface area contributed by atoms with Crippen LogP contribution in [0.25, 0.3) is 0 Å². The highest BCUT2D eigenvalue weighted by molar-refractivity contribution is 5.39. The Bertz CT molecular complexity index is 364. The van der Waals surface area contributed by atoms with Crippen LogP contribution in [0, 0.1) is 0 Å². The van der Waals surface area contributed by atoms with Gasteiger partial charge in [-0.05, 0) is 44.9 Å². The summed E-state index contributed by atoms with van der Waals surface area (Å²) in [4.78, 5) is 0. The zero-order valence-electron chi connectivity index (χ0n) is 12.0. The molecule has 0 saturated carbocycles. The van der Waals surface area contributed by atoms with Crippen molar-refractivity contribution >= 4 is 0 Å². The average molecular weight is 250 g/mol. The molecule has 0 aliphatic rings. The summed E-state index contributed by atoms with van der Waals surface area (Å²) in [5.41, 5.74) is 8.42. The number of nitrogens with two attached hydrogens (primary N) is 1. The molecule has 2 unspecified atom stereocenters. The Labute approximate surface area is 111 Å². The number of hydrogen-bond acceptors (Lipinski definition) is 3. The van der Waals surface area contributed by atoms with Gasteiger partial charge in [0.05, 0.1) is 7.11 Å². The van der Waals surface area contributed by atoms with Gasteiger partial charge in [-0.15, -0.1) is 0 Å². The van der Waals surface area contributed by atoms with Crippen LogP contribution in [-0.2, 0) is 6.42 Å². The molecule has 0 saturated heterocycles. The predicted molar refractivity (Wildman–Crippen MR) is 77.1 cm³/mol. The van der Waals surface area contributed by atoms with Crippen LogP contribution in [0.15, 0.2) is 18.2 Å². The van der Waals surface area contributed by atoms with Crippen molar-refractivity contribution in [2.45, 2.75) is 45.2 Å². The topological polar surface area (TPSA) is 47.3 Å². The molecule has 3 heteroatoms. The number of hydrogen-bond donors (Lipinski definition) is 2. The van der Waals surface area contributed by atoms with E-state index in [2.05, 4.69) is 30.4 Å². The molecule has 0 aliphatic carbocycles. The number of aryl methyl sites for hydroxylation is 1. The number of ether oxygens (including phenoxy) is 1. The van der Waals surface area contributed by atoms with Crippen molar-refractivity contribution in [2.24, 2.45) is 5.73 Å². The third kappa shape index (κ3) is 4.00. The third-order valence-electron chi connectivity index (χ3n) is 3.34. The first-order valence-electron chi connectivity index (χ1n) is 6.72. The summed E-state index contributed by atoms with van der Waals surface area (Å²) in [6.07, 6.45) is 3.07. The molecule has 0 radical (unpaired) electrons. The van der Waals surface area contributed by atoms with Crippen molar-refractivity contribution in [1.29, 1.82) is 0 Å². The molecular weight excluding hydrogens is 224 g/mol. The van der Waals surface area contributed by atoms with Crippen LogP contribution in [0.4, 0.5) is 0 Å². The molecule has 3 nitrogen and oxygen atoms in total. The molecule has 102 valence electrons. The van der Waals surface area contributed by atoms with E-state index >= 15 is 0 Å². The lowest BCUT2D eigenvalue weighted by Crippen LogP contribution is -2.22. The largest absolute Gasteiger partial charge is 0.496 e. The van der Waals surface area contributed by atoms with Gasteiger partial charge in [0.1, 0.15) is 5.75 Å². The molecule has 1 rings (SSSR count). The van der Waals surface area contributed by atoms with Gasteiger partial charge in [0, 0.05) is 17.6 Å². The van der Waals surface area contributed by atoms with Crippen molar-refractivity contribution in [3.05, 3.63) is 29.3 Å². The van der Waals surface area contributed by atoms with Crippen LogP contribution in [0.5, 0.6) is 5.75 Å². The van der Waals surface area contributed by atoms with E-state index in [1.807, 2.05) is 14.0 Å². The van der Waals surface area contributed by atoms with Gasteiger partial charge in [-0.2, -0.15) is 0 Å². The highest BCUT2D eigenvalue weighted by atomic mass is 16.5. The van der Waals surface area contributed by atoms with Gasteiger partial charge < -0.3 is 15.8 Å². The second-order valence-electron chi connectivity index (χ2n) is 4.83. The quantitative estimate of drug-likeness (QED) is 0.782. The smallest absolute Gasteiger partial charge is 0.123 e.